The standard InChI is InChI=1S/C23H20N4O2/c28-23(21-13-14-22(26-25-21)24-16-20-12-7-15-29-20)27(19-10-5-2-6-11-19)17-18-8-3-1-4-9-18/h1-15H,16-17H2,(H,24,26). The molecule has 0 atom stereocenters. The number of nitrogens with zero attached hydrogens (tertiary/aromatic N) is 3. The number of amides is 1. The van der Waals surface area contributed by atoms with Crippen LogP contribution >= 0.6 is 0 Å². The molecular weight excluding hydrogens is 364 g/mol. The lowest BCUT2D eigenvalue weighted by atomic mass is 10.2. The lowest BCUT2D eigenvalue weighted by molar-refractivity contribution is 0.0979. The summed E-state index contributed by atoms with van der Waals surface area (Å²) in [5.41, 5.74) is 2.13. The van der Waals surface area contributed by atoms with Gasteiger partial charge in [-0.3, -0.25) is 4.79 Å². The van der Waals surface area contributed by atoms with E-state index >= 15 is 0 Å². The van der Waals surface area contributed by atoms with Crippen LogP contribution in [0.2, 0.25) is 0 Å². The average Bonchev–Trinajstić information content (AvgIpc) is 3.31. The molecule has 2 aromatic heterocycles. The summed E-state index contributed by atoms with van der Waals surface area (Å²) in [7, 11) is 0. The number of hydrogen-bond acceptors (Lipinski definition) is 5. The summed E-state index contributed by atoms with van der Waals surface area (Å²) in [6, 6.07) is 26.6. The SMILES string of the molecule is O=C(c1ccc(NCc2ccco2)nn1)N(Cc1ccccc1)c1ccccc1. The molecule has 0 saturated heterocycles. The molecular formula is C23H20N4O2. The Morgan fingerprint density at radius 3 is 2.28 bits per heavy atom. The number of para-hydroxylation sites is 1. The van der Waals surface area contributed by atoms with E-state index in [2.05, 4.69) is 15.5 Å². The summed E-state index contributed by atoms with van der Waals surface area (Å²) >= 11 is 0. The van der Waals surface area contributed by atoms with Crippen LogP contribution in [-0.2, 0) is 13.1 Å². The quantitative estimate of drug-likeness (QED) is 0.507. The van der Waals surface area contributed by atoms with Gasteiger partial charge in [-0.25, -0.2) is 0 Å². The highest BCUT2D eigenvalue weighted by Crippen LogP contribution is 2.19. The van der Waals surface area contributed by atoms with Crippen LogP contribution in [0.1, 0.15) is 21.8 Å². The van der Waals surface area contributed by atoms with E-state index in [0.717, 1.165) is 17.0 Å². The van der Waals surface area contributed by atoms with Gasteiger partial charge in [-0.05, 0) is 42.0 Å². The summed E-state index contributed by atoms with van der Waals surface area (Å²) in [5, 5.41) is 11.4. The number of furan rings is 1. The molecule has 1 amide bonds. The molecule has 0 radical (unpaired) electrons. The van der Waals surface area contributed by atoms with E-state index in [1.807, 2.05) is 72.8 Å². The minimum absolute atomic E-state index is 0.204. The van der Waals surface area contributed by atoms with Gasteiger partial charge in [0.05, 0.1) is 19.4 Å². The molecule has 0 bridgehead atoms. The normalized spacial score (nSPS) is 10.5. The van der Waals surface area contributed by atoms with Gasteiger partial charge in [0, 0.05) is 5.69 Å². The average molecular weight is 384 g/mol. The van der Waals surface area contributed by atoms with Gasteiger partial charge >= 0.3 is 0 Å². The van der Waals surface area contributed by atoms with Crippen molar-refractivity contribution in [3.8, 4) is 0 Å². The fraction of sp³-hybridized carbons (Fsp3) is 0.0870. The monoisotopic (exact) mass is 384 g/mol. The third kappa shape index (κ3) is 4.68. The maximum absolute atomic E-state index is 13.2. The molecule has 144 valence electrons. The molecule has 1 N–H and O–H groups in total. The Morgan fingerprint density at radius 1 is 0.862 bits per heavy atom. The molecule has 0 aliphatic carbocycles. The molecule has 29 heavy (non-hydrogen) atoms. The molecule has 0 spiro atoms. The van der Waals surface area contributed by atoms with Crippen molar-refractivity contribution in [3.05, 3.63) is 108 Å². The van der Waals surface area contributed by atoms with Crippen LogP contribution in [0.5, 0.6) is 0 Å². The Kier molecular flexibility index (Phi) is 5.62. The highest BCUT2D eigenvalue weighted by Gasteiger charge is 2.20. The number of carbonyl (C=O) groups is 1. The fourth-order valence-electron chi connectivity index (χ4n) is 2.92. The smallest absolute Gasteiger partial charge is 0.279 e. The Morgan fingerprint density at radius 2 is 1.62 bits per heavy atom. The highest BCUT2D eigenvalue weighted by molar-refractivity contribution is 6.04. The van der Waals surface area contributed by atoms with Gasteiger partial charge in [0.25, 0.3) is 5.91 Å². The second-order valence-electron chi connectivity index (χ2n) is 6.45. The molecule has 0 aliphatic heterocycles. The summed E-state index contributed by atoms with van der Waals surface area (Å²) in [6.45, 7) is 0.947. The minimum atomic E-state index is -0.204. The Bertz CT molecular complexity index is 1030. The van der Waals surface area contributed by atoms with Crippen molar-refractivity contribution < 1.29 is 9.21 Å². The van der Waals surface area contributed by atoms with E-state index in [-0.39, 0.29) is 11.6 Å². The topological polar surface area (TPSA) is 71.3 Å². The number of benzene rings is 2. The van der Waals surface area contributed by atoms with E-state index in [4.69, 9.17) is 4.42 Å². The first kappa shape index (κ1) is 18.4. The zero-order chi connectivity index (χ0) is 19.9. The molecule has 6 heteroatoms. The Balaban J connectivity index is 1.52. The second kappa shape index (κ2) is 8.84. The van der Waals surface area contributed by atoms with Gasteiger partial charge in [0.1, 0.15) is 11.6 Å². The van der Waals surface area contributed by atoms with Gasteiger partial charge < -0.3 is 14.6 Å². The highest BCUT2D eigenvalue weighted by atomic mass is 16.3. The third-order valence-electron chi connectivity index (χ3n) is 4.40. The van der Waals surface area contributed by atoms with Crippen molar-refractivity contribution in [2.24, 2.45) is 0 Å². The summed E-state index contributed by atoms with van der Waals surface area (Å²) < 4.78 is 5.28. The van der Waals surface area contributed by atoms with Crippen LogP contribution in [0.15, 0.2) is 95.6 Å². The Labute approximate surface area is 168 Å². The molecule has 6 nitrogen and oxygen atoms in total. The van der Waals surface area contributed by atoms with Gasteiger partial charge in [-0.1, -0.05) is 48.5 Å². The summed E-state index contributed by atoms with van der Waals surface area (Å²) in [5.74, 6) is 1.17. The zero-order valence-corrected chi connectivity index (χ0v) is 15.7. The number of rotatable bonds is 7. The Hall–Kier alpha value is -3.93. The molecule has 2 heterocycles. The molecule has 0 unspecified atom stereocenters. The first-order valence-corrected chi connectivity index (χ1v) is 9.30. The number of carbonyl (C=O) groups excluding carboxylic acids is 1. The summed E-state index contributed by atoms with van der Waals surface area (Å²) in [6.07, 6.45) is 1.62. The lowest BCUT2D eigenvalue weighted by Gasteiger charge is -2.22. The third-order valence-corrected chi connectivity index (χ3v) is 4.40. The minimum Gasteiger partial charge on any atom is -0.467 e. The molecule has 4 rings (SSSR count). The van der Waals surface area contributed by atoms with Crippen molar-refractivity contribution in [3.63, 3.8) is 0 Å². The number of nitrogens with one attached hydrogen (secondary N) is 1. The fourth-order valence-corrected chi connectivity index (χ4v) is 2.92. The van der Waals surface area contributed by atoms with E-state index in [0.29, 0.717) is 18.9 Å². The number of hydrogen-bond donors (Lipinski definition) is 1. The van der Waals surface area contributed by atoms with Gasteiger partial charge in [-0.2, -0.15) is 0 Å². The van der Waals surface area contributed by atoms with Crippen molar-refractivity contribution >= 4 is 17.4 Å². The first-order valence-electron chi connectivity index (χ1n) is 9.30. The van der Waals surface area contributed by atoms with Crippen molar-refractivity contribution in [1.82, 2.24) is 10.2 Å². The van der Waals surface area contributed by atoms with Crippen LogP contribution in [-0.4, -0.2) is 16.1 Å². The van der Waals surface area contributed by atoms with Crippen LogP contribution in [0.25, 0.3) is 0 Å². The maximum Gasteiger partial charge on any atom is 0.279 e. The molecule has 0 fully saturated rings. The van der Waals surface area contributed by atoms with Gasteiger partial charge in [0.2, 0.25) is 0 Å². The maximum atomic E-state index is 13.2. The van der Waals surface area contributed by atoms with E-state index < -0.39 is 0 Å². The predicted molar refractivity (Wildman–Crippen MR) is 111 cm³/mol. The largest absolute Gasteiger partial charge is 0.467 e. The lowest BCUT2D eigenvalue weighted by Crippen LogP contribution is -2.31. The molecule has 2 aromatic carbocycles. The molecule has 4 aromatic rings. The van der Waals surface area contributed by atoms with Gasteiger partial charge in [0.15, 0.2) is 5.69 Å². The van der Waals surface area contributed by atoms with E-state index in [1.54, 1.807) is 23.3 Å². The van der Waals surface area contributed by atoms with Gasteiger partial charge in [-0.15, -0.1) is 10.2 Å². The van der Waals surface area contributed by atoms with Crippen LogP contribution in [0, 0.1) is 0 Å². The first-order chi connectivity index (χ1) is 14.3. The van der Waals surface area contributed by atoms with E-state index in [9.17, 15) is 4.79 Å². The predicted octanol–water partition coefficient (Wildman–Crippen LogP) is 4.53. The molecule has 0 saturated carbocycles. The summed E-state index contributed by atoms with van der Waals surface area (Å²) in [4.78, 5) is 14.9. The molecule has 0 aliphatic rings. The van der Waals surface area contributed by atoms with Crippen molar-refractivity contribution in [2.45, 2.75) is 13.1 Å². The zero-order valence-electron chi connectivity index (χ0n) is 15.7. The number of anilines is 2. The van der Waals surface area contributed by atoms with E-state index in [1.165, 1.54) is 0 Å². The van der Waals surface area contributed by atoms with Crippen molar-refractivity contribution in [1.29, 1.82) is 0 Å². The van der Waals surface area contributed by atoms with Crippen molar-refractivity contribution in [2.75, 3.05) is 10.2 Å². The van der Waals surface area contributed by atoms with Crippen LogP contribution in [0.4, 0.5) is 11.5 Å². The number of aromatic nitrogens is 2. The van der Waals surface area contributed by atoms with Crippen LogP contribution < -0.4 is 10.2 Å². The van der Waals surface area contributed by atoms with Crippen LogP contribution in [0.3, 0.4) is 0 Å². The second-order valence-corrected chi connectivity index (χ2v) is 6.45.